The summed E-state index contributed by atoms with van der Waals surface area (Å²) in [4.78, 5) is 24.4. The third-order valence-electron chi connectivity index (χ3n) is 4.11. The van der Waals surface area contributed by atoms with Crippen molar-refractivity contribution in [2.75, 3.05) is 11.9 Å². The number of esters is 1. The zero-order chi connectivity index (χ0) is 22.2. The summed E-state index contributed by atoms with van der Waals surface area (Å²) >= 11 is 12.0. The van der Waals surface area contributed by atoms with E-state index in [0.29, 0.717) is 33.7 Å². The van der Waals surface area contributed by atoms with Crippen LogP contribution >= 0.6 is 23.2 Å². The molecule has 7 heteroatoms. The van der Waals surface area contributed by atoms with Gasteiger partial charge < -0.3 is 14.8 Å². The minimum Gasteiger partial charge on any atom is -0.494 e. The molecule has 0 saturated heterocycles. The first-order chi connectivity index (χ1) is 14.9. The van der Waals surface area contributed by atoms with E-state index in [-0.39, 0.29) is 5.91 Å². The first kappa shape index (κ1) is 22.4. The monoisotopic (exact) mass is 455 g/mol. The Hall–Kier alpha value is -3.28. The van der Waals surface area contributed by atoms with E-state index in [2.05, 4.69) is 5.32 Å². The summed E-state index contributed by atoms with van der Waals surface area (Å²) in [7, 11) is 0. The second-order valence-corrected chi connectivity index (χ2v) is 7.20. The normalized spacial score (nSPS) is 10.7. The lowest BCUT2D eigenvalue weighted by Gasteiger charge is -2.08. The van der Waals surface area contributed by atoms with Crippen molar-refractivity contribution < 1.29 is 19.1 Å². The third-order valence-corrected chi connectivity index (χ3v) is 4.68. The summed E-state index contributed by atoms with van der Waals surface area (Å²) in [6, 6.07) is 18.3. The fraction of sp³-hybridized carbons (Fsp3) is 0.0833. The molecule has 0 bridgehead atoms. The molecule has 3 rings (SSSR count). The Morgan fingerprint density at radius 3 is 2.29 bits per heavy atom. The van der Waals surface area contributed by atoms with Crippen LogP contribution in [0.15, 0.2) is 72.8 Å². The minimum atomic E-state index is -0.531. The second-order valence-electron chi connectivity index (χ2n) is 6.36. The van der Waals surface area contributed by atoms with Crippen molar-refractivity contribution in [2.45, 2.75) is 6.92 Å². The zero-order valence-corrected chi connectivity index (χ0v) is 18.1. The Balaban J connectivity index is 1.57. The molecule has 0 unspecified atom stereocenters. The second kappa shape index (κ2) is 10.7. The Kier molecular flexibility index (Phi) is 7.70. The van der Waals surface area contributed by atoms with Crippen LogP contribution in [0.4, 0.5) is 5.69 Å². The van der Waals surface area contributed by atoms with E-state index in [1.165, 1.54) is 18.2 Å². The van der Waals surface area contributed by atoms with Crippen molar-refractivity contribution in [3.05, 3.63) is 94.0 Å². The van der Waals surface area contributed by atoms with Crippen LogP contribution in [0, 0.1) is 0 Å². The standard InChI is InChI=1S/C24H19Cl2NO4/c1-2-30-19-9-3-16(4-10-19)5-14-23(28)31-20-11-6-17(7-12-20)24(29)27-22-15-18(25)8-13-21(22)26/h3-15H,2H2,1H3,(H,27,29)/b14-5+. The molecule has 0 aromatic heterocycles. The van der Waals surface area contributed by atoms with Gasteiger partial charge in [0.1, 0.15) is 11.5 Å². The van der Waals surface area contributed by atoms with Crippen molar-refractivity contribution in [3.8, 4) is 11.5 Å². The Morgan fingerprint density at radius 2 is 1.61 bits per heavy atom. The van der Waals surface area contributed by atoms with E-state index < -0.39 is 5.97 Å². The number of rotatable bonds is 7. The van der Waals surface area contributed by atoms with Gasteiger partial charge in [0.05, 0.1) is 17.3 Å². The van der Waals surface area contributed by atoms with Gasteiger partial charge in [-0.25, -0.2) is 4.79 Å². The number of hydrogen-bond acceptors (Lipinski definition) is 4. The van der Waals surface area contributed by atoms with Gasteiger partial charge in [-0.05, 0) is 73.2 Å². The molecule has 0 atom stereocenters. The molecule has 1 N–H and O–H groups in total. The molecule has 3 aromatic carbocycles. The van der Waals surface area contributed by atoms with Crippen molar-refractivity contribution in [3.63, 3.8) is 0 Å². The number of ether oxygens (including phenoxy) is 2. The van der Waals surface area contributed by atoms with Gasteiger partial charge in [-0.2, -0.15) is 0 Å². The van der Waals surface area contributed by atoms with Crippen molar-refractivity contribution in [1.82, 2.24) is 0 Å². The fourth-order valence-electron chi connectivity index (χ4n) is 2.62. The van der Waals surface area contributed by atoms with Crippen LogP contribution in [0.2, 0.25) is 10.0 Å². The number of hydrogen-bond donors (Lipinski definition) is 1. The van der Waals surface area contributed by atoms with Gasteiger partial charge in [0.25, 0.3) is 5.91 Å². The van der Waals surface area contributed by atoms with Crippen LogP contribution in [0.5, 0.6) is 11.5 Å². The smallest absolute Gasteiger partial charge is 0.336 e. The third kappa shape index (κ3) is 6.60. The van der Waals surface area contributed by atoms with Gasteiger partial charge in [0.2, 0.25) is 0 Å². The highest BCUT2D eigenvalue weighted by Crippen LogP contribution is 2.26. The average molecular weight is 456 g/mol. The molecule has 0 spiro atoms. The van der Waals surface area contributed by atoms with E-state index in [0.717, 1.165) is 11.3 Å². The fourth-order valence-corrected chi connectivity index (χ4v) is 2.96. The number of benzene rings is 3. The number of amides is 1. The van der Waals surface area contributed by atoms with E-state index in [1.54, 1.807) is 36.4 Å². The van der Waals surface area contributed by atoms with Crippen LogP contribution in [0.25, 0.3) is 6.08 Å². The topological polar surface area (TPSA) is 64.6 Å². The van der Waals surface area contributed by atoms with Crippen molar-refractivity contribution in [2.24, 2.45) is 0 Å². The summed E-state index contributed by atoms with van der Waals surface area (Å²) < 4.78 is 10.6. The van der Waals surface area contributed by atoms with Crippen LogP contribution in [0.3, 0.4) is 0 Å². The number of carbonyl (C=O) groups is 2. The van der Waals surface area contributed by atoms with Crippen molar-refractivity contribution >= 4 is 46.8 Å². The molecule has 0 fully saturated rings. The quantitative estimate of drug-likeness (QED) is 0.259. The summed E-state index contributed by atoms with van der Waals surface area (Å²) in [6.07, 6.45) is 2.98. The lowest BCUT2D eigenvalue weighted by Crippen LogP contribution is -2.12. The Labute approximate surface area is 190 Å². The lowest BCUT2D eigenvalue weighted by molar-refractivity contribution is -0.128. The number of anilines is 1. The summed E-state index contributed by atoms with van der Waals surface area (Å²) in [5, 5.41) is 3.53. The van der Waals surface area contributed by atoms with Gasteiger partial charge in [-0.15, -0.1) is 0 Å². The number of carbonyl (C=O) groups excluding carboxylic acids is 2. The Bertz CT molecular complexity index is 1090. The maximum atomic E-state index is 12.4. The molecule has 0 aliphatic rings. The molecule has 0 heterocycles. The average Bonchev–Trinajstić information content (AvgIpc) is 2.76. The van der Waals surface area contributed by atoms with Crippen LogP contribution in [-0.4, -0.2) is 18.5 Å². The van der Waals surface area contributed by atoms with Gasteiger partial charge in [-0.1, -0.05) is 35.3 Å². The molecule has 31 heavy (non-hydrogen) atoms. The van der Waals surface area contributed by atoms with Gasteiger partial charge in [0.15, 0.2) is 0 Å². The molecule has 0 aliphatic carbocycles. The van der Waals surface area contributed by atoms with Gasteiger partial charge in [0, 0.05) is 16.7 Å². The molecule has 5 nitrogen and oxygen atoms in total. The van der Waals surface area contributed by atoms with E-state index in [1.807, 2.05) is 31.2 Å². The summed E-state index contributed by atoms with van der Waals surface area (Å²) in [5.41, 5.74) is 1.63. The van der Waals surface area contributed by atoms with E-state index >= 15 is 0 Å². The first-order valence-corrected chi connectivity index (χ1v) is 10.2. The van der Waals surface area contributed by atoms with Crippen LogP contribution in [-0.2, 0) is 4.79 Å². The molecule has 3 aromatic rings. The Morgan fingerprint density at radius 1 is 0.935 bits per heavy atom. The molecular formula is C24H19Cl2NO4. The van der Waals surface area contributed by atoms with E-state index in [9.17, 15) is 9.59 Å². The maximum Gasteiger partial charge on any atom is 0.336 e. The van der Waals surface area contributed by atoms with Crippen LogP contribution < -0.4 is 14.8 Å². The number of nitrogens with one attached hydrogen (secondary N) is 1. The highest BCUT2D eigenvalue weighted by molar-refractivity contribution is 6.35. The lowest BCUT2D eigenvalue weighted by atomic mass is 10.2. The predicted octanol–water partition coefficient (Wildman–Crippen LogP) is 6.26. The van der Waals surface area contributed by atoms with Gasteiger partial charge in [-0.3, -0.25) is 4.79 Å². The molecule has 0 radical (unpaired) electrons. The molecular weight excluding hydrogens is 437 g/mol. The van der Waals surface area contributed by atoms with E-state index in [4.69, 9.17) is 32.7 Å². The minimum absolute atomic E-state index is 0.318. The van der Waals surface area contributed by atoms with Gasteiger partial charge >= 0.3 is 5.97 Å². The highest BCUT2D eigenvalue weighted by Gasteiger charge is 2.10. The molecule has 1 amide bonds. The summed E-state index contributed by atoms with van der Waals surface area (Å²) in [5.74, 6) is 0.192. The van der Waals surface area contributed by atoms with Crippen molar-refractivity contribution in [1.29, 1.82) is 0 Å². The SMILES string of the molecule is CCOc1ccc(/C=C/C(=O)Oc2ccc(C(=O)Nc3cc(Cl)ccc3Cl)cc2)cc1. The predicted molar refractivity (Wildman–Crippen MR) is 123 cm³/mol. The molecule has 0 saturated carbocycles. The highest BCUT2D eigenvalue weighted by atomic mass is 35.5. The zero-order valence-electron chi connectivity index (χ0n) is 16.6. The number of halogens is 2. The molecule has 158 valence electrons. The maximum absolute atomic E-state index is 12.4. The first-order valence-electron chi connectivity index (χ1n) is 9.44. The summed E-state index contributed by atoms with van der Waals surface area (Å²) in [6.45, 7) is 2.51. The largest absolute Gasteiger partial charge is 0.494 e. The molecule has 0 aliphatic heterocycles. The van der Waals surface area contributed by atoms with Crippen LogP contribution in [0.1, 0.15) is 22.8 Å².